The van der Waals surface area contributed by atoms with Crippen LogP contribution in [0.25, 0.3) is 0 Å². The average molecular weight is 270 g/mol. The molecule has 0 amide bonds. The predicted molar refractivity (Wildman–Crippen MR) is 77.2 cm³/mol. The van der Waals surface area contributed by atoms with Crippen LogP contribution in [-0.4, -0.2) is 55.0 Å². The Bertz CT molecular complexity index is 311. The second-order valence-electron chi connectivity index (χ2n) is 7.30. The molecule has 3 unspecified atom stereocenters. The minimum Gasteiger partial charge on any atom is -0.377 e. The Morgan fingerprint density at radius 2 is 1.84 bits per heavy atom. The third-order valence-corrected chi connectivity index (χ3v) is 4.70. The molecule has 4 heteroatoms. The van der Waals surface area contributed by atoms with E-state index >= 15 is 0 Å². The van der Waals surface area contributed by atoms with E-state index in [4.69, 9.17) is 15.2 Å². The van der Waals surface area contributed by atoms with Crippen molar-refractivity contribution in [1.29, 1.82) is 0 Å². The Balaban J connectivity index is 1.93. The summed E-state index contributed by atoms with van der Waals surface area (Å²) >= 11 is 0. The van der Waals surface area contributed by atoms with E-state index in [1.165, 1.54) is 12.8 Å². The Kier molecular flexibility index (Phi) is 4.26. The number of ether oxygens (including phenoxy) is 2. The molecular formula is C15H30N2O2. The third-order valence-electron chi connectivity index (χ3n) is 4.70. The van der Waals surface area contributed by atoms with Gasteiger partial charge in [-0.05, 0) is 47.6 Å². The Morgan fingerprint density at radius 3 is 2.32 bits per heavy atom. The largest absolute Gasteiger partial charge is 0.377 e. The number of nitrogens with zero attached hydrogens (tertiary/aromatic N) is 1. The molecular weight excluding hydrogens is 240 g/mol. The summed E-state index contributed by atoms with van der Waals surface area (Å²) in [5.41, 5.74) is 6.01. The molecule has 2 rings (SSSR count). The van der Waals surface area contributed by atoms with Gasteiger partial charge in [-0.25, -0.2) is 0 Å². The number of hydrogen-bond donors (Lipinski definition) is 1. The lowest BCUT2D eigenvalue weighted by Crippen LogP contribution is -2.48. The molecule has 3 atom stereocenters. The van der Waals surface area contributed by atoms with E-state index < -0.39 is 0 Å². The zero-order valence-electron chi connectivity index (χ0n) is 13.1. The standard InChI is InChI=1S/C15H30N2O2/c1-14(2)12(13(16)15(3,4)19-14)10-17(5)9-11-7-6-8-18-11/h11-13H,6-10,16H2,1-5H3. The number of rotatable bonds is 4. The predicted octanol–water partition coefficient (Wildman–Crippen LogP) is 1.63. The lowest BCUT2D eigenvalue weighted by molar-refractivity contribution is -0.0786. The van der Waals surface area contributed by atoms with E-state index in [1.54, 1.807) is 0 Å². The summed E-state index contributed by atoms with van der Waals surface area (Å²) in [6, 6.07) is 0.0782. The van der Waals surface area contributed by atoms with Crippen LogP contribution < -0.4 is 5.73 Å². The van der Waals surface area contributed by atoms with Crippen LogP contribution in [0.15, 0.2) is 0 Å². The first-order valence-electron chi connectivity index (χ1n) is 7.48. The molecule has 0 aromatic carbocycles. The van der Waals surface area contributed by atoms with Gasteiger partial charge in [-0.15, -0.1) is 0 Å². The average Bonchev–Trinajstić information content (AvgIpc) is 2.80. The van der Waals surface area contributed by atoms with Gasteiger partial charge in [0.1, 0.15) is 0 Å². The lowest BCUT2D eigenvalue weighted by Gasteiger charge is -2.32. The first kappa shape index (κ1) is 15.2. The minimum absolute atomic E-state index is 0.0782. The summed E-state index contributed by atoms with van der Waals surface area (Å²) in [7, 11) is 2.16. The molecule has 0 radical (unpaired) electrons. The van der Waals surface area contributed by atoms with Gasteiger partial charge >= 0.3 is 0 Å². The highest BCUT2D eigenvalue weighted by Gasteiger charge is 2.52. The maximum atomic E-state index is 6.41. The summed E-state index contributed by atoms with van der Waals surface area (Å²) in [4.78, 5) is 2.35. The molecule has 112 valence electrons. The Labute approximate surface area is 117 Å². The molecule has 0 spiro atoms. The first-order valence-corrected chi connectivity index (χ1v) is 7.48. The van der Waals surface area contributed by atoms with Crippen molar-refractivity contribution in [2.75, 3.05) is 26.7 Å². The Morgan fingerprint density at radius 1 is 1.16 bits per heavy atom. The van der Waals surface area contributed by atoms with Gasteiger partial charge in [-0.1, -0.05) is 0 Å². The van der Waals surface area contributed by atoms with E-state index in [1.807, 2.05) is 0 Å². The van der Waals surface area contributed by atoms with Crippen LogP contribution in [0.3, 0.4) is 0 Å². The van der Waals surface area contributed by atoms with Gasteiger partial charge < -0.3 is 20.1 Å². The quantitative estimate of drug-likeness (QED) is 0.843. The first-order chi connectivity index (χ1) is 8.72. The van der Waals surface area contributed by atoms with Crippen LogP contribution in [0, 0.1) is 5.92 Å². The lowest BCUT2D eigenvalue weighted by atomic mass is 9.83. The van der Waals surface area contributed by atoms with E-state index in [0.717, 1.165) is 19.7 Å². The number of hydrogen-bond acceptors (Lipinski definition) is 4. The molecule has 2 fully saturated rings. The van der Waals surface area contributed by atoms with Gasteiger partial charge in [-0.2, -0.15) is 0 Å². The second kappa shape index (κ2) is 5.32. The van der Waals surface area contributed by atoms with Crippen molar-refractivity contribution in [1.82, 2.24) is 4.90 Å². The molecule has 4 nitrogen and oxygen atoms in total. The summed E-state index contributed by atoms with van der Waals surface area (Å²) in [6.45, 7) is 11.4. The van der Waals surface area contributed by atoms with Crippen LogP contribution >= 0.6 is 0 Å². The molecule has 0 aromatic heterocycles. The molecule has 19 heavy (non-hydrogen) atoms. The third kappa shape index (κ3) is 3.30. The summed E-state index contributed by atoms with van der Waals surface area (Å²) in [5, 5.41) is 0. The van der Waals surface area contributed by atoms with Crippen LogP contribution in [0.4, 0.5) is 0 Å². The molecule has 2 N–H and O–H groups in total. The van der Waals surface area contributed by atoms with Gasteiger partial charge in [0.15, 0.2) is 0 Å². The summed E-state index contributed by atoms with van der Waals surface area (Å²) in [6.07, 6.45) is 2.79. The monoisotopic (exact) mass is 270 g/mol. The van der Waals surface area contributed by atoms with Crippen molar-refractivity contribution in [2.45, 2.75) is 63.9 Å². The maximum absolute atomic E-state index is 6.41. The zero-order chi connectivity index (χ0) is 14.3. The van der Waals surface area contributed by atoms with Crippen molar-refractivity contribution in [2.24, 2.45) is 11.7 Å². The van der Waals surface area contributed by atoms with E-state index in [2.05, 4.69) is 39.6 Å². The number of likely N-dealkylation sites (N-methyl/N-ethyl adjacent to an activating group) is 1. The van der Waals surface area contributed by atoms with Crippen molar-refractivity contribution < 1.29 is 9.47 Å². The van der Waals surface area contributed by atoms with Crippen LogP contribution in [0.5, 0.6) is 0 Å². The van der Waals surface area contributed by atoms with E-state index in [9.17, 15) is 0 Å². The van der Waals surface area contributed by atoms with Gasteiger partial charge in [0.2, 0.25) is 0 Å². The fourth-order valence-electron chi connectivity index (χ4n) is 3.62. The van der Waals surface area contributed by atoms with Crippen molar-refractivity contribution in [3.8, 4) is 0 Å². The van der Waals surface area contributed by atoms with Gasteiger partial charge in [0.05, 0.1) is 17.3 Å². The molecule has 0 bridgehead atoms. The molecule has 0 aromatic rings. The highest BCUT2D eigenvalue weighted by Crippen LogP contribution is 2.41. The van der Waals surface area contributed by atoms with E-state index in [0.29, 0.717) is 12.0 Å². The number of nitrogens with two attached hydrogens (primary N) is 1. The fourth-order valence-corrected chi connectivity index (χ4v) is 3.62. The van der Waals surface area contributed by atoms with Crippen molar-refractivity contribution in [3.63, 3.8) is 0 Å². The Hall–Kier alpha value is -0.160. The second-order valence-corrected chi connectivity index (χ2v) is 7.30. The zero-order valence-corrected chi connectivity index (χ0v) is 13.1. The molecule has 2 aliphatic heterocycles. The highest BCUT2D eigenvalue weighted by molar-refractivity contribution is 5.04. The SMILES string of the molecule is CN(CC1CCCO1)CC1C(N)C(C)(C)OC1(C)C. The molecule has 2 heterocycles. The smallest absolute Gasteiger partial charge is 0.0788 e. The van der Waals surface area contributed by atoms with Crippen LogP contribution in [0.1, 0.15) is 40.5 Å². The maximum Gasteiger partial charge on any atom is 0.0788 e. The highest BCUT2D eigenvalue weighted by atomic mass is 16.5. The van der Waals surface area contributed by atoms with Crippen LogP contribution in [-0.2, 0) is 9.47 Å². The summed E-state index contributed by atoms with van der Waals surface area (Å²) in [5.74, 6) is 0.355. The minimum atomic E-state index is -0.237. The molecule has 2 aliphatic rings. The molecule has 2 saturated heterocycles. The van der Waals surface area contributed by atoms with Crippen molar-refractivity contribution >= 4 is 0 Å². The molecule has 0 aliphatic carbocycles. The molecule has 0 saturated carbocycles. The van der Waals surface area contributed by atoms with Gasteiger partial charge in [0.25, 0.3) is 0 Å². The van der Waals surface area contributed by atoms with Gasteiger partial charge in [-0.3, -0.25) is 0 Å². The van der Waals surface area contributed by atoms with E-state index in [-0.39, 0.29) is 17.2 Å². The van der Waals surface area contributed by atoms with Crippen molar-refractivity contribution in [3.05, 3.63) is 0 Å². The normalized spacial score (nSPS) is 37.1. The van der Waals surface area contributed by atoms with Crippen LogP contribution in [0.2, 0.25) is 0 Å². The fraction of sp³-hybridized carbons (Fsp3) is 1.00. The topological polar surface area (TPSA) is 47.7 Å². The summed E-state index contributed by atoms with van der Waals surface area (Å²) < 4.78 is 11.9. The van der Waals surface area contributed by atoms with Gasteiger partial charge in [0, 0.05) is 31.7 Å².